The molecule has 66 heavy (non-hydrogen) atoms. The van der Waals surface area contributed by atoms with E-state index in [0.717, 1.165) is 128 Å². The SMILES string of the molecule is CC/C=C\C/C=C\C/C=C\C/C=C\C/C=C\C/C=C\CCCOCC(COC(=O)CCCCCCCCC/C=C\C/C=C\CCCCC)OC(=O)CCCCC/C=C\C/C=C\C/C=C\CC. The van der Waals surface area contributed by atoms with Crippen molar-refractivity contribution in [1.82, 2.24) is 0 Å². The van der Waals surface area contributed by atoms with E-state index in [1.54, 1.807) is 0 Å². The van der Waals surface area contributed by atoms with Crippen molar-refractivity contribution in [1.29, 1.82) is 0 Å². The van der Waals surface area contributed by atoms with Gasteiger partial charge in [0.25, 0.3) is 0 Å². The summed E-state index contributed by atoms with van der Waals surface area (Å²) in [7, 11) is 0. The van der Waals surface area contributed by atoms with Gasteiger partial charge in [-0.15, -0.1) is 0 Å². The van der Waals surface area contributed by atoms with Crippen molar-refractivity contribution < 1.29 is 23.8 Å². The first-order valence-corrected chi connectivity index (χ1v) is 26.7. The molecular weight excluding hydrogens is 813 g/mol. The Morgan fingerprint density at radius 2 is 0.682 bits per heavy atom. The number of hydrogen-bond acceptors (Lipinski definition) is 5. The van der Waals surface area contributed by atoms with Crippen LogP contribution >= 0.6 is 0 Å². The van der Waals surface area contributed by atoms with Crippen LogP contribution in [-0.2, 0) is 23.8 Å². The maximum Gasteiger partial charge on any atom is 0.306 e. The smallest absolute Gasteiger partial charge is 0.306 e. The Balaban J connectivity index is 4.44. The fraction of sp³-hybridized carbons (Fsp3) is 0.607. The molecule has 0 saturated carbocycles. The van der Waals surface area contributed by atoms with Gasteiger partial charge in [-0.2, -0.15) is 0 Å². The molecule has 372 valence electrons. The minimum absolute atomic E-state index is 0.0373. The number of allylic oxidation sites excluding steroid dienone is 22. The fourth-order valence-corrected chi connectivity index (χ4v) is 6.75. The van der Waals surface area contributed by atoms with Crippen LogP contribution in [0.4, 0.5) is 0 Å². The summed E-state index contributed by atoms with van der Waals surface area (Å²) in [4.78, 5) is 25.4. The molecule has 0 heterocycles. The van der Waals surface area contributed by atoms with E-state index in [1.165, 1.54) is 51.4 Å². The molecule has 0 N–H and O–H groups in total. The normalized spacial score (nSPS) is 13.3. The molecule has 0 aromatic heterocycles. The summed E-state index contributed by atoms with van der Waals surface area (Å²) in [6, 6.07) is 0. The number of esters is 2. The second kappa shape index (κ2) is 55.4. The zero-order valence-electron chi connectivity index (χ0n) is 42.7. The van der Waals surface area contributed by atoms with E-state index in [-0.39, 0.29) is 25.2 Å². The summed E-state index contributed by atoms with van der Waals surface area (Å²) in [6.07, 6.45) is 79.0. The summed E-state index contributed by atoms with van der Waals surface area (Å²) in [6.45, 7) is 7.37. The van der Waals surface area contributed by atoms with E-state index >= 15 is 0 Å². The van der Waals surface area contributed by atoms with Crippen LogP contribution in [-0.4, -0.2) is 37.9 Å². The Hall–Kier alpha value is -3.96. The van der Waals surface area contributed by atoms with Crippen LogP contribution in [0.3, 0.4) is 0 Å². The zero-order chi connectivity index (χ0) is 47.7. The third-order valence-corrected chi connectivity index (χ3v) is 10.7. The molecule has 0 radical (unpaired) electrons. The lowest BCUT2D eigenvalue weighted by atomic mass is 10.1. The monoisotopic (exact) mass is 911 g/mol. The Bertz CT molecular complexity index is 1400. The van der Waals surface area contributed by atoms with Crippen molar-refractivity contribution in [2.45, 2.75) is 219 Å². The summed E-state index contributed by atoms with van der Waals surface area (Å²) in [5.41, 5.74) is 0. The molecule has 0 aromatic carbocycles. The first-order chi connectivity index (χ1) is 32.6. The highest BCUT2D eigenvalue weighted by molar-refractivity contribution is 5.70. The summed E-state index contributed by atoms with van der Waals surface area (Å²) in [5, 5.41) is 0. The Kier molecular flexibility index (Phi) is 52.0. The van der Waals surface area contributed by atoms with Gasteiger partial charge in [0.2, 0.25) is 0 Å². The highest BCUT2D eigenvalue weighted by atomic mass is 16.6. The van der Waals surface area contributed by atoms with Crippen molar-refractivity contribution in [3.05, 3.63) is 134 Å². The number of unbranched alkanes of at least 4 members (excludes halogenated alkanes) is 14. The number of ether oxygens (including phenoxy) is 3. The molecule has 0 rings (SSSR count). The average Bonchev–Trinajstić information content (AvgIpc) is 3.32. The molecule has 0 aromatic rings. The maximum atomic E-state index is 12.8. The number of carbonyl (C=O) groups excluding carboxylic acids is 2. The van der Waals surface area contributed by atoms with Gasteiger partial charge in [0.15, 0.2) is 6.10 Å². The Morgan fingerprint density at radius 1 is 0.348 bits per heavy atom. The van der Waals surface area contributed by atoms with E-state index < -0.39 is 6.10 Å². The maximum absolute atomic E-state index is 12.8. The van der Waals surface area contributed by atoms with Gasteiger partial charge < -0.3 is 14.2 Å². The number of carbonyl (C=O) groups is 2. The number of rotatable bonds is 47. The molecule has 0 aliphatic carbocycles. The third-order valence-electron chi connectivity index (χ3n) is 10.7. The standard InChI is InChI=1S/C61H98O5/c1-4-7-10-13-16-19-22-25-27-29-30-31-33-35-38-41-44-47-50-53-56-64-57-59(66-61(63)55-52-49-46-43-40-36-24-21-18-15-12-9-6-3)58-65-60(62)54-51-48-45-42-39-37-34-32-28-26-23-20-17-14-11-8-5-2/h7,9-10,12,16-21,25-28,30-31,35-36,38,40,44,47,59H,4-6,8,11,13-15,22-24,29,32-34,37,39,41-43,45-46,48-58H2,1-3H3/b10-7-,12-9-,19-16-,20-17-,21-18-,27-25-,28-26-,31-30-,38-35-,40-36-,47-44-. The van der Waals surface area contributed by atoms with Crippen LogP contribution in [0.1, 0.15) is 213 Å². The second-order valence-electron chi connectivity index (χ2n) is 17.0. The van der Waals surface area contributed by atoms with Gasteiger partial charge in [-0.25, -0.2) is 0 Å². The average molecular weight is 911 g/mol. The van der Waals surface area contributed by atoms with E-state index in [0.29, 0.717) is 19.4 Å². The molecule has 0 bridgehead atoms. The highest BCUT2D eigenvalue weighted by Crippen LogP contribution is 2.12. The predicted molar refractivity (Wildman–Crippen MR) is 288 cm³/mol. The van der Waals surface area contributed by atoms with Crippen LogP contribution in [0.2, 0.25) is 0 Å². The second-order valence-corrected chi connectivity index (χ2v) is 17.0. The molecule has 5 heteroatoms. The molecular formula is C61H98O5. The largest absolute Gasteiger partial charge is 0.462 e. The molecule has 1 atom stereocenters. The fourth-order valence-electron chi connectivity index (χ4n) is 6.75. The molecule has 0 amide bonds. The van der Waals surface area contributed by atoms with Crippen LogP contribution in [0, 0.1) is 0 Å². The first-order valence-electron chi connectivity index (χ1n) is 26.7. The zero-order valence-corrected chi connectivity index (χ0v) is 42.7. The van der Waals surface area contributed by atoms with Gasteiger partial charge in [-0.1, -0.05) is 206 Å². The van der Waals surface area contributed by atoms with Crippen molar-refractivity contribution in [3.8, 4) is 0 Å². The van der Waals surface area contributed by atoms with Gasteiger partial charge in [-0.05, 0) is 128 Å². The summed E-state index contributed by atoms with van der Waals surface area (Å²) >= 11 is 0. The van der Waals surface area contributed by atoms with Crippen molar-refractivity contribution in [2.75, 3.05) is 19.8 Å². The van der Waals surface area contributed by atoms with Crippen LogP contribution in [0.25, 0.3) is 0 Å². The van der Waals surface area contributed by atoms with Crippen LogP contribution in [0.15, 0.2) is 134 Å². The highest BCUT2D eigenvalue weighted by Gasteiger charge is 2.17. The van der Waals surface area contributed by atoms with E-state index in [2.05, 4.69) is 154 Å². The minimum Gasteiger partial charge on any atom is -0.462 e. The topological polar surface area (TPSA) is 61.8 Å². The van der Waals surface area contributed by atoms with Gasteiger partial charge >= 0.3 is 11.9 Å². The van der Waals surface area contributed by atoms with Crippen molar-refractivity contribution >= 4 is 11.9 Å². The molecule has 0 fully saturated rings. The van der Waals surface area contributed by atoms with Crippen molar-refractivity contribution in [3.63, 3.8) is 0 Å². The van der Waals surface area contributed by atoms with E-state index in [4.69, 9.17) is 14.2 Å². The molecule has 0 spiro atoms. The Labute approximate surface area is 407 Å². The lowest BCUT2D eigenvalue weighted by Crippen LogP contribution is -2.30. The Morgan fingerprint density at radius 3 is 1.11 bits per heavy atom. The van der Waals surface area contributed by atoms with E-state index in [9.17, 15) is 9.59 Å². The van der Waals surface area contributed by atoms with Crippen LogP contribution < -0.4 is 0 Å². The number of hydrogen-bond donors (Lipinski definition) is 0. The first kappa shape index (κ1) is 62.0. The predicted octanol–water partition coefficient (Wildman–Crippen LogP) is 18.3. The van der Waals surface area contributed by atoms with Gasteiger partial charge in [0, 0.05) is 19.4 Å². The van der Waals surface area contributed by atoms with Gasteiger partial charge in [0.05, 0.1) is 6.61 Å². The van der Waals surface area contributed by atoms with Gasteiger partial charge in [0.1, 0.15) is 6.61 Å². The molecule has 1 unspecified atom stereocenters. The molecule has 0 aliphatic rings. The third kappa shape index (κ3) is 52.7. The summed E-state index contributed by atoms with van der Waals surface area (Å²) < 4.78 is 17.3. The van der Waals surface area contributed by atoms with Crippen molar-refractivity contribution in [2.24, 2.45) is 0 Å². The minimum atomic E-state index is -0.595. The van der Waals surface area contributed by atoms with Gasteiger partial charge in [-0.3, -0.25) is 9.59 Å². The lowest BCUT2D eigenvalue weighted by Gasteiger charge is -2.18. The molecule has 0 saturated heterocycles. The van der Waals surface area contributed by atoms with Crippen LogP contribution in [0.5, 0.6) is 0 Å². The molecule has 0 aliphatic heterocycles. The van der Waals surface area contributed by atoms with E-state index in [1.807, 2.05) is 0 Å². The lowest BCUT2D eigenvalue weighted by molar-refractivity contribution is -0.163. The summed E-state index contributed by atoms with van der Waals surface area (Å²) in [5.74, 6) is -0.482. The molecule has 5 nitrogen and oxygen atoms in total. The quantitative estimate of drug-likeness (QED) is 0.0346.